The molecule has 1 aromatic heterocycles. The second kappa shape index (κ2) is 9.76. The minimum atomic E-state index is -0.229. The Balaban J connectivity index is 1.49. The molecule has 1 saturated carbocycles. The maximum absolute atomic E-state index is 13.7. The summed E-state index contributed by atoms with van der Waals surface area (Å²) >= 11 is 0. The summed E-state index contributed by atoms with van der Waals surface area (Å²) in [6.07, 6.45) is 2.47. The van der Waals surface area contributed by atoms with E-state index < -0.39 is 0 Å². The van der Waals surface area contributed by atoms with Crippen LogP contribution in [0.15, 0.2) is 48.5 Å². The molecule has 0 atom stereocenters. The summed E-state index contributed by atoms with van der Waals surface area (Å²) in [6, 6.07) is 15.6. The molecule has 2 aliphatic rings. The number of hydrogen-bond donors (Lipinski definition) is 0. The number of nitrogens with zero attached hydrogens (tertiary/aromatic N) is 5. The van der Waals surface area contributed by atoms with E-state index in [9.17, 15) is 4.39 Å². The number of anilines is 1. The van der Waals surface area contributed by atoms with E-state index in [0.717, 1.165) is 62.2 Å². The van der Waals surface area contributed by atoms with Gasteiger partial charge < -0.3 is 14.5 Å². The van der Waals surface area contributed by atoms with Crippen molar-refractivity contribution in [2.75, 3.05) is 45.2 Å². The molecule has 1 aliphatic carbocycles. The van der Waals surface area contributed by atoms with Crippen molar-refractivity contribution in [3.63, 3.8) is 0 Å². The van der Waals surface area contributed by atoms with E-state index in [4.69, 9.17) is 9.84 Å². The fraction of sp³-hybridized carbons (Fsp3) is 0.444. The van der Waals surface area contributed by atoms with Crippen LogP contribution in [0.4, 0.5) is 10.2 Å². The third-order valence-electron chi connectivity index (χ3n) is 6.98. The SMILES string of the molecule is COc1cccc(CN(Cc2c(C)nn(-c3ccc(F)cc3)c2N2CCN(C)CC2)C2CC2)c1. The van der Waals surface area contributed by atoms with Crippen LogP contribution in [0.3, 0.4) is 0 Å². The maximum atomic E-state index is 13.7. The number of ether oxygens (including phenoxy) is 1. The lowest BCUT2D eigenvalue weighted by molar-refractivity contribution is 0.244. The summed E-state index contributed by atoms with van der Waals surface area (Å²) in [4.78, 5) is 7.39. The molecule has 34 heavy (non-hydrogen) atoms. The van der Waals surface area contributed by atoms with Gasteiger partial charge in [-0.15, -0.1) is 0 Å². The molecule has 0 spiro atoms. The minimum Gasteiger partial charge on any atom is -0.497 e. The third kappa shape index (κ3) is 4.95. The second-order valence-corrected chi connectivity index (χ2v) is 9.55. The van der Waals surface area contributed by atoms with Crippen LogP contribution in [0.5, 0.6) is 5.75 Å². The Bertz CT molecular complexity index is 1120. The average Bonchev–Trinajstić information content (AvgIpc) is 3.64. The summed E-state index contributed by atoms with van der Waals surface area (Å²) in [5.74, 6) is 1.81. The number of aryl methyl sites for hydroxylation is 1. The standard InChI is InChI=1S/C27H34FN5O/c1-20-26(19-32(23-11-12-23)18-21-5-4-6-25(17-21)34-3)27(31-15-13-30(2)14-16-31)33(29-20)24-9-7-22(28)8-10-24/h4-10,17,23H,11-16,18-19H2,1-3H3. The normalized spacial score (nSPS) is 16.9. The van der Waals surface area contributed by atoms with Crippen molar-refractivity contribution < 1.29 is 9.13 Å². The largest absolute Gasteiger partial charge is 0.497 e. The molecule has 0 bridgehead atoms. The summed E-state index contributed by atoms with van der Waals surface area (Å²) in [5, 5.41) is 4.96. The van der Waals surface area contributed by atoms with Crippen molar-refractivity contribution in [2.24, 2.45) is 0 Å². The van der Waals surface area contributed by atoms with Crippen molar-refractivity contribution in [3.05, 3.63) is 71.2 Å². The highest BCUT2D eigenvalue weighted by Crippen LogP contribution is 2.35. The van der Waals surface area contributed by atoms with Crippen LogP contribution in [0.2, 0.25) is 0 Å². The Hall–Kier alpha value is -2.90. The summed E-state index contributed by atoms with van der Waals surface area (Å²) in [5.41, 5.74) is 4.46. The molecule has 2 aromatic carbocycles. The van der Waals surface area contributed by atoms with Gasteiger partial charge >= 0.3 is 0 Å². The highest BCUT2D eigenvalue weighted by Gasteiger charge is 2.32. The first kappa shape index (κ1) is 22.9. The molecule has 2 heterocycles. The Morgan fingerprint density at radius 3 is 2.44 bits per heavy atom. The van der Waals surface area contributed by atoms with E-state index in [1.54, 1.807) is 7.11 Å². The lowest BCUT2D eigenvalue weighted by Crippen LogP contribution is -2.45. The van der Waals surface area contributed by atoms with Gasteiger partial charge in [0, 0.05) is 50.9 Å². The Kier molecular flexibility index (Phi) is 6.57. The van der Waals surface area contributed by atoms with Gasteiger partial charge in [-0.05, 0) is 68.8 Å². The van der Waals surface area contributed by atoms with Gasteiger partial charge in [-0.25, -0.2) is 9.07 Å². The molecule has 1 saturated heterocycles. The highest BCUT2D eigenvalue weighted by molar-refractivity contribution is 5.56. The van der Waals surface area contributed by atoms with Gasteiger partial charge in [0.15, 0.2) is 0 Å². The van der Waals surface area contributed by atoms with E-state index >= 15 is 0 Å². The number of piperazine rings is 1. The minimum absolute atomic E-state index is 0.229. The first-order valence-electron chi connectivity index (χ1n) is 12.2. The zero-order valence-corrected chi connectivity index (χ0v) is 20.4. The molecule has 5 rings (SSSR count). The Morgan fingerprint density at radius 1 is 1.03 bits per heavy atom. The second-order valence-electron chi connectivity index (χ2n) is 9.55. The van der Waals surface area contributed by atoms with Gasteiger partial charge in [0.25, 0.3) is 0 Å². The smallest absolute Gasteiger partial charge is 0.137 e. The summed E-state index contributed by atoms with van der Waals surface area (Å²) in [6.45, 7) is 7.77. The van der Waals surface area contributed by atoms with Crippen LogP contribution >= 0.6 is 0 Å². The van der Waals surface area contributed by atoms with Crippen LogP contribution in [0.1, 0.15) is 29.7 Å². The van der Waals surface area contributed by atoms with E-state index in [2.05, 4.69) is 46.9 Å². The topological polar surface area (TPSA) is 36.8 Å². The molecule has 0 N–H and O–H groups in total. The van der Waals surface area contributed by atoms with Crippen LogP contribution in [-0.4, -0.2) is 66.0 Å². The molecule has 2 fully saturated rings. The molecule has 6 nitrogen and oxygen atoms in total. The van der Waals surface area contributed by atoms with E-state index in [-0.39, 0.29) is 5.82 Å². The lowest BCUT2D eigenvalue weighted by Gasteiger charge is -2.35. The third-order valence-corrected chi connectivity index (χ3v) is 6.98. The quantitative estimate of drug-likeness (QED) is 0.499. The molecule has 3 aromatic rings. The average molecular weight is 464 g/mol. The van der Waals surface area contributed by atoms with Crippen LogP contribution in [0.25, 0.3) is 5.69 Å². The van der Waals surface area contributed by atoms with E-state index in [1.165, 1.54) is 36.1 Å². The molecular weight excluding hydrogens is 429 g/mol. The maximum Gasteiger partial charge on any atom is 0.137 e. The van der Waals surface area contributed by atoms with Crippen molar-refractivity contribution in [3.8, 4) is 11.4 Å². The molecular formula is C27H34FN5O. The van der Waals surface area contributed by atoms with Crippen molar-refractivity contribution in [2.45, 2.75) is 38.9 Å². The number of aromatic nitrogens is 2. The molecule has 0 amide bonds. The highest BCUT2D eigenvalue weighted by atomic mass is 19.1. The molecule has 180 valence electrons. The van der Waals surface area contributed by atoms with Gasteiger partial charge in [0.2, 0.25) is 0 Å². The zero-order chi connectivity index (χ0) is 23.7. The number of methoxy groups -OCH3 is 1. The number of benzene rings is 2. The van der Waals surface area contributed by atoms with Gasteiger partial charge in [-0.3, -0.25) is 4.90 Å². The number of rotatable bonds is 8. The van der Waals surface area contributed by atoms with E-state index in [0.29, 0.717) is 6.04 Å². The van der Waals surface area contributed by atoms with Crippen LogP contribution in [-0.2, 0) is 13.1 Å². The van der Waals surface area contributed by atoms with Gasteiger partial charge in [-0.2, -0.15) is 5.10 Å². The van der Waals surface area contributed by atoms with Crippen molar-refractivity contribution in [1.82, 2.24) is 19.6 Å². The van der Waals surface area contributed by atoms with Gasteiger partial charge in [-0.1, -0.05) is 12.1 Å². The van der Waals surface area contributed by atoms with Crippen molar-refractivity contribution >= 4 is 5.82 Å². The predicted octanol–water partition coefficient (Wildman–Crippen LogP) is 4.24. The Morgan fingerprint density at radius 2 is 1.76 bits per heavy atom. The first-order valence-corrected chi connectivity index (χ1v) is 12.2. The van der Waals surface area contributed by atoms with Crippen LogP contribution in [0, 0.1) is 12.7 Å². The van der Waals surface area contributed by atoms with Crippen LogP contribution < -0.4 is 9.64 Å². The first-order chi connectivity index (χ1) is 16.5. The fourth-order valence-electron chi connectivity index (χ4n) is 4.80. The Labute approximate surface area is 201 Å². The number of hydrogen-bond acceptors (Lipinski definition) is 5. The summed E-state index contributed by atoms with van der Waals surface area (Å²) < 4.78 is 21.1. The number of likely N-dealkylation sites (N-methyl/N-ethyl adjacent to an activating group) is 1. The fourth-order valence-corrected chi connectivity index (χ4v) is 4.80. The zero-order valence-electron chi connectivity index (χ0n) is 20.4. The summed E-state index contributed by atoms with van der Waals surface area (Å²) in [7, 11) is 3.89. The van der Waals surface area contributed by atoms with Crippen molar-refractivity contribution in [1.29, 1.82) is 0 Å². The van der Waals surface area contributed by atoms with Gasteiger partial charge in [0.1, 0.15) is 17.4 Å². The predicted molar refractivity (Wildman–Crippen MR) is 133 cm³/mol. The molecule has 1 aliphatic heterocycles. The monoisotopic (exact) mass is 463 g/mol. The lowest BCUT2D eigenvalue weighted by atomic mass is 10.1. The van der Waals surface area contributed by atoms with Gasteiger partial charge in [0.05, 0.1) is 18.5 Å². The van der Waals surface area contributed by atoms with E-state index in [1.807, 2.05) is 22.9 Å². The molecule has 0 radical (unpaired) electrons. The molecule has 0 unspecified atom stereocenters. The number of halogens is 1. The molecule has 7 heteroatoms.